The molecule has 1 fully saturated rings. The van der Waals surface area contributed by atoms with Crippen LogP contribution in [0.1, 0.15) is 37.8 Å². The largest absolute Gasteiger partial charge is 0.314 e. The van der Waals surface area contributed by atoms with Crippen LogP contribution in [0.25, 0.3) is 0 Å². The molecule has 1 aliphatic rings. The maximum atomic E-state index is 3.62. The highest BCUT2D eigenvalue weighted by atomic mass is 32.2. The van der Waals surface area contributed by atoms with Crippen LogP contribution in [-0.4, -0.2) is 17.8 Å². The molecule has 0 bridgehead atoms. The van der Waals surface area contributed by atoms with E-state index in [0.717, 1.165) is 23.8 Å². The fourth-order valence-electron chi connectivity index (χ4n) is 2.94. The molecule has 100 valence electrons. The Morgan fingerprint density at radius 2 is 2.06 bits per heavy atom. The average Bonchev–Trinajstić information content (AvgIpc) is 2.66. The van der Waals surface area contributed by atoms with Gasteiger partial charge in [-0.2, -0.15) is 0 Å². The standard InChI is InChI=1S/C16H25NS/c1-5-17-14-7-9-16(13(14)4)18-15-8-6-11(2)10-12(15)3/h6,8,10,13-14,16-17H,5,7,9H2,1-4H3. The molecule has 3 atom stereocenters. The third-order valence-electron chi connectivity index (χ3n) is 4.06. The molecule has 3 unspecified atom stereocenters. The van der Waals surface area contributed by atoms with Crippen molar-refractivity contribution in [1.82, 2.24) is 5.32 Å². The fourth-order valence-corrected chi connectivity index (χ4v) is 4.32. The molecule has 0 saturated heterocycles. The average molecular weight is 263 g/mol. The van der Waals surface area contributed by atoms with Crippen LogP contribution in [0, 0.1) is 19.8 Å². The number of hydrogen-bond donors (Lipinski definition) is 1. The molecule has 0 spiro atoms. The van der Waals surface area contributed by atoms with E-state index >= 15 is 0 Å². The second-order valence-electron chi connectivity index (χ2n) is 5.53. The molecule has 2 rings (SSSR count). The van der Waals surface area contributed by atoms with Crippen molar-refractivity contribution in [2.45, 2.75) is 56.7 Å². The van der Waals surface area contributed by atoms with E-state index in [2.05, 4.69) is 63.0 Å². The predicted molar refractivity (Wildman–Crippen MR) is 81.4 cm³/mol. The van der Waals surface area contributed by atoms with Crippen molar-refractivity contribution in [3.05, 3.63) is 29.3 Å². The Labute approximate surface area is 116 Å². The van der Waals surface area contributed by atoms with E-state index in [1.54, 1.807) is 0 Å². The van der Waals surface area contributed by atoms with E-state index in [0.29, 0.717) is 0 Å². The molecule has 1 nitrogen and oxygen atoms in total. The summed E-state index contributed by atoms with van der Waals surface area (Å²) in [7, 11) is 0. The number of rotatable bonds is 4. The second kappa shape index (κ2) is 6.12. The number of benzene rings is 1. The smallest absolute Gasteiger partial charge is 0.0135 e. The third-order valence-corrected chi connectivity index (χ3v) is 5.74. The summed E-state index contributed by atoms with van der Waals surface area (Å²) in [6.45, 7) is 10.1. The summed E-state index contributed by atoms with van der Waals surface area (Å²) >= 11 is 2.08. The molecule has 1 N–H and O–H groups in total. The van der Waals surface area contributed by atoms with Crippen molar-refractivity contribution >= 4 is 11.8 Å². The van der Waals surface area contributed by atoms with Gasteiger partial charge in [0.1, 0.15) is 0 Å². The monoisotopic (exact) mass is 263 g/mol. The van der Waals surface area contributed by atoms with Crippen LogP contribution in [0.5, 0.6) is 0 Å². The van der Waals surface area contributed by atoms with Gasteiger partial charge >= 0.3 is 0 Å². The number of thioether (sulfide) groups is 1. The Kier molecular flexibility index (Phi) is 4.74. The first-order valence-electron chi connectivity index (χ1n) is 7.09. The first kappa shape index (κ1) is 14.0. The fraction of sp³-hybridized carbons (Fsp3) is 0.625. The zero-order chi connectivity index (χ0) is 13.1. The second-order valence-corrected chi connectivity index (χ2v) is 6.81. The summed E-state index contributed by atoms with van der Waals surface area (Å²) in [6.07, 6.45) is 2.67. The van der Waals surface area contributed by atoms with Gasteiger partial charge in [0.2, 0.25) is 0 Å². The molecule has 0 heterocycles. The minimum atomic E-state index is 0.721. The van der Waals surface area contributed by atoms with E-state index in [4.69, 9.17) is 0 Å². The predicted octanol–water partition coefficient (Wildman–Crippen LogP) is 4.17. The Morgan fingerprint density at radius 1 is 1.28 bits per heavy atom. The first-order chi connectivity index (χ1) is 8.61. The Balaban J connectivity index is 2.02. The molecule has 0 radical (unpaired) electrons. The summed E-state index contributed by atoms with van der Waals surface area (Å²) in [5, 5.41) is 4.39. The van der Waals surface area contributed by atoms with Crippen LogP contribution < -0.4 is 5.32 Å². The lowest BCUT2D eigenvalue weighted by molar-refractivity contribution is 0.441. The van der Waals surface area contributed by atoms with Gasteiger partial charge in [0, 0.05) is 16.2 Å². The van der Waals surface area contributed by atoms with E-state index < -0.39 is 0 Å². The Hall–Kier alpha value is -0.470. The molecule has 1 saturated carbocycles. The zero-order valence-electron chi connectivity index (χ0n) is 12.0. The van der Waals surface area contributed by atoms with Gasteiger partial charge in [0.25, 0.3) is 0 Å². The molecule has 2 heteroatoms. The van der Waals surface area contributed by atoms with E-state index in [1.165, 1.54) is 28.9 Å². The van der Waals surface area contributed by atoms with Crippen LogP contribution in [0.2, 0.25) is 0 Å². The van der Waals surface area contributed by atoms with Gasteiger partial charge in [-0.1, -0.05) is 31.5 Å². The molecule has 0 aliphatic heterocycles. The van der Waals surface area contributed by atoms with E-state index in [-0.39, 0.29) is 0 Å². The molecular formula is C16H25NS. The van der Waals surface area contributed by atoms with Crippen molar-refractivity contribution in [3.63, 3.8) is 0 Å². The van der Waals surface area contributed by atoms with Gasteiger partial charge in [-0.25, -0.2) is 0 Å². The summed E-state index contributed by atoms with van der Waals surface area (Å²) < 4.78 is 0. The summed E-state index contributed by atoms with van der Waals surface area (Å²) in [5.74, 6) is 0.774. The van der Waals surface area contributed by atoms with E-state index in [1.807, 2.05) is 0 Å². The van der Waals surface area contributed by atoms with Crippen LogP contribution in [-0.2, 0) is 0 Å². The Morgan fingerprint density at radius 3 is 2.72 bits per heavy atom. The SMILES string of the molecule is CCNC1CCC(Sc2ccc(C)cc2C)C1C. The van der Waals surface area contributed by atoms with Gasteiger partial charge in [-0.05, 0) is 50.8 Å². The lowest BCUT2D eigenvalue weighted by atomic mass is 10.1. The number of hydrogen-bond acceptors (Lipinski definition) is 2. The van der Waals surface area contributed by atoms with Gasteiger partial charge < -0.3 is 5.32 Å². The van der Waals surface area contributed by atoms with Crippen molar-refractivity contribution < 1.29 is 0 Å². The third kappa shape index (κ3) is 3.10. The molecule has 0 amide bonds. The molecule has 1 aromatic rings. The van der Waals surface area contributed by atoms with Gasteiger partial charge in [0.15, 0.2) is 0 Å². The molecule has 1 aliphatic carbocycles. The van der Waals surface area contributed by atoms with Crippen molar-refractivity contribution in [2.75, 3.05) is 6.54 Å². The van der Waals surface area contributed by atoms with Crippen molar-refractivity contribution in [2.24, 2.45) is 5.92 Å². The lowest BCUT2D eigenvalue weighted by Crippen LogP contribution is -2.33. The first-order valence-corrected chi connectivity index (χ1v) is 7.97. The maximum absolute atomic E-state index is 3.62. The van der Waals surface area contributed by atoms with Crippen LogP contribution in [0.15, 0.2) is 23.1 Å². The zero-order valence-corrected chi connectivity index (χ0v) is 12.8. The topological polar surface area (TPSA) is 12.0 Å². The summed E-state index contributed by atoms with van der Waals surface area (Å²) in [6, 6.07) is 7.54. The van der Waals surface area contributed by atoms with Gasteiger partial charge in [0.05, 0.1) is 0 Å². The van der Waals surface area contributed by atoms with E-state index in [9.17, 15) is 0 Å². The summed E-state index contributed by atoms with van der Waals surface area (Å²) in [4.78, 5) is 1.47. The number of nitrogens with one attached hydrogen (secondary N) is 1. The lowest BCUT2D eigenvalue weighted by Gasteiger charge is -2.21. The molecule has 18 heavy (non-hydrogen) atoms. The quantitative estimate of drug-likeness (QED) is 0.875. The van der Waals surface area contributed by atoms with Crippen LogP contribution in [0.4, 0.5) is 0 Å². The maximum Gasteiger partial charge on any atom is 0.0135 e. The van der Waals surface area contributed by atoms with Crippen LogP contribution in [0.3, 0.4) is 0 Å². The Bertz CT molecular complexity index is 402. The minimum Gasteiger partial charge on any atom is -0.314 e. The van der Waals surface area contributed by atoms with Gasteiger partial charge in [-0.15, -0.1) is 11.8 Å². The molecular weight excluding hydrogens is 238 g/mol. The normalized spacial score (nSPS) is 27.7. The summed E-state index contributed by atoms with van der Waals surface area (Å²) in [5.41, 5.74) is 2.79. The van der Waals surface area contributed by atoms with Gasteiger partial charge in [-0.3, -0.25) is 0 Å². The number of aryl methyl sites for hydroxylation is 2. The van der Waals surface area contributed by atoms with Crippen molar-refractivity contribution in [1.29, 1.82) is 0 Å². The highest BCUT2D eigenvalue weighted by Gasteiger charge is 2.32. The molecule has 1 aromatic carbocycles. The highest BCUT2D eigenvalue weighted by Crippen LogP contribution is 2.40. The minimum absolute atomic E-state index is 0.721. The highest BCUT2D eigenvalue weighted by molar-refractivity contribution is 8.00. The van der Waals surface area contributed by atoms with Crippen molar-refractivity contribution in [3.8, 4) is 0 Å². The van der Waals surface area contributed by atoms with Crippen LogP contribution >= 0.6 is 11.8 Å². The molecule has 0 aromatic heterocycles.